The van der Waals surface area contributed by atoms with Crippen molar-refractivity contribution in [2.45, 2.75) is 19.8 Å². The second kappa shape index (κ2) is 5.81. The number of amides is 2. The molecule has 2 amide bonds. The number of hydrogen-bond donors (Lipinski definition) is 1. The van der Waals surface area contributed by atoms with Crippen LogP contribution in [0.25, 0.3) is 0 Å². The lowest BCUT2D eigenvalue weighted by Crippen LogP contribution is -2.41. The molecule has 1 N–H and O–H groups in total. The first-order chi connectivity index (χ1) is 8.56. The van der Waals surface area contributed by atoms with Crippen molar-refractivity contribution in [1.29, 1.82) is 0 Å². The van der Waals surface area contributed by atoms with E-state index in [1.807, 2.05) is 4.90 Å². The number of rotatable bonds is 1. The maximum Gasteiger partial charge on any atom is 0.321 e. The number of carbonyl (C=O) groups is 1. The van der Waals surface area contributed by atoms with E-state index in [0.717, 1.165) is 19.5 Å². The van der Waals surface area contributed by atoms with E-state index in [1.54, 1.807) is 18.2 Å². The van der Waals surface area contributed by atoms with Crippen LogP contribution in [0.1, 0.15) is 19.8 Å². The fraction of sp³-hybridized carbons (Fsp3) is 0.462. The molecule has 0 aromatic heterocycles. The van der Waals surface area contributed by atoms with Crippen LogP contribution in [0.3, 0.4) is 0 Å². The van der Waals surface area contributed by atoms with E-state index in [4.69, 9.17) is 23.2 Å². The summed E-state index contributed by atoms with van der Waals surface area (Å²) in [6.45, 7) is 3.77. The van der Waals surface area contributed by atoms with Gasteiger partial charge in [-0.15, -0.1) is 0 Å². The highest BCUT2D eigenvalue weighted by atomic mass is 35.5. The molecule has 1 atom stereocenters. The second-order valence-electron chi connectivity index (χ2n) is 4.75. The second-order valence-corrected chi connectivity index (χ2v) is 5.59. The number of anilines is 1. The summed E-state index contributed by atoms with van der Waals surface area (Å²) in [5.41, 5.74) is 0.601. The fourth-order valence-electron chi connectivity index (χ4n) is 2.16. The van der Waals surface area contributed by atoms with E-state index < -0.39 is 0 Å². The maximum atomic E-state index is 12.1. The molecule has 0 aliphatic carbocycles. The number of urea groups is 1. The fourth-order valence-corrected chi connectivity index (χ4v) is 2.61. The third-order valence-electron chi connectivity index (χ3n) is 3.12. The summed E-state index contributed by atoms with van der Waals surface area (Å²) in [6.07, 6.45) is 2.24. The van der Waals surface area contributed by atoms with E-state index in [0.29, 0.717) is 21.7 Å². The van der Waals surface area contributed by atoms with Crippen LogP contribution >= 0.6 is 23.2 Å². The minimum Gasteiger partial charge on any atom is -0.324 e. The van der Waals surface area contributed by atoms with E-state index in [9.17, 15) is 4.79 Å². The Morgan fingerprint density at radius 2 is 2.22 bits per heavy atom. The molecule has 0 saturated carbocycles. The van der Waals surface area contributed by atoms with Crippen molar-refractivity contribution in [3.8, 4) is 0 Å². The number of halogens is 2. The Morgan fingerprint density at radius 3 is 2.89 bits per heavy atom. The molecular formula is C13H16Cl2N2O. The molecule has 2 rings (SSSR count). The van der Waals surface area contributed by atoms with Crippen molar-refractivity contribution >= 4 is 34.9 Å². The molecule has 1 aliphatic heterocycles. The molecule has 0 unspecified atom stereocenters. The number of hydrogen-bond acceptors (Lipinski definition) is 1. The third kappa shape index (κ3) is 3.30. The Kier molecular flexibility index (Phi) is 4.36. The first-order valence-electron chi connectivity index (χ1n) is 6.07. The molecule has 1 fully saturated rings. The predicted molar refractivity (Wildman–Crippen MR) is 75.5 cm³/mol. The van der Waals surface area contributed by atoms with Gasteiger partial charge in [-0.1, -0.05) is 30.1 Å². The van der Waals surface area contributed by atoms with Gasteiger partial charge in [-0.3, -0.25) is 0 Å². The predicted octanol–water partition coefficient (Wildman–Crippen LogP) is 4.26. The van der Waals surface area contributed by atoms with E-state index >= 15 is 0 Å². The van der Waals surface area contributed by atoms with Gasteiger partial charge in [0.2, 0.25) is 0 Å². The van der Waals surface area contributed by atoms with Gasteiger partial charge in [0, 0.05) is 18.1 Å². The molecule has 1 heterocycles. The van der Waals surface area contributed by atoms with Gasteiger partial charge in [0.1, 0.15) is 0 Å². The van der Waals surface area contributed by atoms with Crippen LogP contribution in [0.5, 0.6) is 0 Å². The molecule has 0 bridgehead atoms. The Balaban J connectivity index is 2.02. The summed E-state index contributed by atoms with van der Waals surface area (Å²) >= 11 is 11.8. The smallest absolute Gasteiger partial charge is 0.321 e. The Labute approximate surface area is 117 Å². The molecule has 1 aromatic rings. The molecule has 5 heteroatoms. The molecule has 18 heavy (non-hydrogen) atoms. The molecule has 98 valence electrons. The number of nitrogens with one attached hydrogen (secondary N) is 1. The minimum absolute atomic E-state index is 0.0919. The number of likely N-dealkylation sites (tertiary alicyclic amines) is 1. The highest BCUT2D eigenvalue weighted by Crippen LogP contribution is 2.26. The van der Waals surface area contributed by atoms with Crippen molar-refractivity contribution in [2.75, 3.05) is 18.4 Å². The van der Waals surface area contributed by atoms with Crippen molar-refractivity contribution in [3.63, 3.8) is 0 Å². The van der Waals surface area contributed by atoms with Gasteiger partial charge in [-0.2, -0.15) is 0 Å². The van der Waals surface area contributed by atoms with Gasteiger partial charge in [-0.25, -0.2) is 4.79 Å². The van der Waals surface area contributed by atoms with Crippen molar-refractivity contribution in [3.05, 3.63) is 28.2 Å². The molecule has 0 spiro atoms. The van der Waals surface area contributed by atoms with Crippen LogP contribution in [-0.2, 0) is 0 Å². The first-order valence-corrected chi connectivity index (χ1v) is 6.83. The van der Waals surface area contributed by atoms with Crippen LogP contribution in [0, 0.1) is 5.92 Å². The molecule has 0 radical (unpaired) electrons. The zero-order valence-corrected chi connectivity index (χ0v) is 11.8. The Hall–Kier alpha value is -0.930. The van der Waals surface area contributed by atoms with Gasteiger partial charge in [-0.05, 0) is 37.0 Å². The van der Waals surface area contributed by atoms with Crippen LogP contribution in [0.4, 0.5) is 10.5 Å². The molecule has 1 aromatic carbocycles. The number of nitrogens with zero attached hydrogens (tertiary/aromatic N) is 1. The average Bonchev–Trinajstić information content (AvgIpc) is 2.32. The monoisotopic (exact) mass is 286 g/mol. The van der Waals surface area contributed by atoms with Gasteiger partial charge >= 0.3 is 6.03 Å². The molecular weight excluding hydrogens is 271 g/mol. The van der Waals surface area contributed by atoms with E-state index in [-0.39, 0.29) is 6.03 Å². The lowest BCUT2D eigenvalue weighted by atomic mass is 10.0. The highest BCUT2D eigenvalue weighted by Gasteiger charge is 2.21. The number of carbonyl (C=O) groups excluding carboxylic acids is 1. The highest BCUT2D eigenvalue weighted by molar-refractivity contribution is 6.36. The third-order valence-corrected chi connectivity index (χ3v) is 3.66. The summed E-state index contributed by atoms with van der Waals surface area (Å²) in [4.78, 5) is 13.9. The molecule has 1 saturated heterocycles. The Morgan fingerprint density at radius 1 is 1.44 bits per heavy atom. The Bertz CT molecular complexity index is 451. The van der Waals surface area contributed by atoms with Gasteiger partial charge < -0.3 is 10.2 Å². The van der Waals surface area contributed by atoms with Crippen LogP contribution in [0.15, 0.2) is 18.2 Å². The van der Waals surface area contributed by atoms with Crippen LogP contribution in [-0.4, -0.2) is 24.0 Å². The minimum atomic E-state index is -0.0919. The normalized spacial score (nSPS) is 19.7. The molecule has 3 nitrogen and oxygen atoms in total. The lowest BCUT2D eigenvalue weighted by Gasteiger charge is -2.31. The summed E-state index contributed by atoms with van der Waals surface area (Å²) < 4.78 is 0. The van der Waals surface area contributed by atoms with Gasteiger partial charge in [0.25, 0.3) is 0 Å². The first kappa shape index (κ1) is 13.5. The van der Waals surface area contributed by atoms with Gasteiger partial charge in [0.05, 0.1) is 10.7 Å². The van der Waals surface area contributed by atoms with Crippen molar-refractivity contribution < 1.29 is 4.79 Å². The SMILES string of the molecule is C[C@H]1CCCN(C(=O)Nc2ccc(Cl)cc2Cl)C1. The largest absolute Gasteiger partial charge is 0.324 e. The topological polar surface area (TPSA) is 32.3 Å². The maximum absolute atomic E-state index is 12.1. The standard InChI is InChI=1S/C13H16Cl2N2O/c1-9-3-2-6-17(8-9)13(18)16-12-5-4-10(14)7-11(12)15/h4-5,7,9H,2-3,6,8H2,1H3,(H,16,18)/t9-/m0/s1. The lowest BCUT2D eigenvalue weighted by molar-refractivity contribution is 0.182. The van der Waals surface area contributed by atoms with Crippen molar-refractivity contribution in [2.24, 2.45) is 5.92 Å². The summed E-state index contributed by atoms with van der Waals surface area (Å²) in [5.74, 6) is 0.560. The van der Waals surface area contributed by atoms with E-state index in [1.165, 1.54) is 6.42 Å². The van der Waals surface area contributed by atoms with Crippen LogP contribution < -0.4 is 5.32 Å². The quantitative estimate of drug-likeness (QED) is 0.822. The van der Waals surface area contributed by atoms with Crippen LogP contribution in [0.2, 0.25) is 10.0 Å². The zero-order valence-electron chi connectivity index (χ0n) is 10.2. The van der Waals surface area contributed by atoms with E-state index in [2.05, 4.69) is 12.2 Å². The average molecular weight is 287 g/mol. The summed E-state index contributed by atoms with van der Waals surface area (Å²) in [5, 5.41) is 3.84. The number of piperidine rings is 1. The number of benzene rings is 1. The molecule has 1 aliphatic rings. The van der Waals surface area contributed by atoms with Gasteiger partial charge in [0.15, 0.2) is 0 Å². The van der Waals surface area contributed by atoms with Crippen molar-refractivity contribution in [1.82, 2.24) is 4.90 Å². The zero-order chi connectivity index (χ0) is 13.1. The summed E-state index contributed by atoms with van der Waals surface area (Å²) in [7, 11) is 0. The summed E-state index contributed by atoms with van der Waals surface area (Å²) in [6, 6.07) is 4.96.